The molecule has 0 aromatic heterocycles. The van der Waals surface area contributed by atoms with E-state index in [1.165, 1.54) is 44.4 Å². The van der Waals surface area contributed by atoms with Gasteiger partial charge in [-0.25, -0.2) is 4.39 Å². The topological polar surface area (TPSA) is 85.9 Å². The molecule has 8 heteroatoms. The highest BCUT2D eigenvalue weighted by Crippen LogP contribution is 2.27. The van der Waals surface area contributed by atoms with Crippen molar-refractivity contribution in [2.45, 2.75) is 20.0 Å². The molecule has 0 aliphatic heterocycles. The lowest BCUT2D eigenvalue weighted by Gasteiger charge is -2.16. The molecule has 0 saturated carbocycles. The normalized spacial score (nSPS) is 11.3. The van der Waals surface area contributed by atoms with Gasteiger partial charge in [0.05, 0.1) is 13.7 Å². The summed E-state index contributed by atoms with van der Waals surface area (Å²) in [5.41, 5.74) is 4.78. The average Bonchev–Trinajstić information content (AvgIpc) is 2.68. The summed E-state index contributed by atoms with van der Waals surface area (Å²) in [6.45, 7) is 3.73. The van der Waals surface area contributed by atoms with Gasteiger partial charge in [0, 0.05) is 5.56 Å². The van der Waals surface area contributed by atoms with Crippen LogP contribution in [0.5, 0.6) is 17.2 Å². The number of hydrogen-bond acceptors (Lipinski definition) is 5. The molecular weight excluding hydrogens is 355 g/mol. The molecule has 144 valence electrons. The Hall–Kier alpha value is -3.29. The Morgan fingerprint density at radius 3 is 2.48 bits per heavy atom. The van der Waals surface area contributed by atoms with Crippen LogP contribution >= 0.6 is 0 Å². The lowest BCUT2D eigenvalue weighted by molar-refractivity contribution is -0.128. The second-order valence-corrected chi connectivity index (χ2v) is 5.43. The van der Waals surface area contributed by atoms with Crippen molar-refractivity contribution >= 4 is 11.8 Å². The quantitative estimate of drug-likeness (QED) is 0.725. The van der Waals surface area contributed by atoms with E-state index in [1.54, 1.807) is 12.1 Å². The van der Waals surface area contributed by atoms with Gasteiger partial charge >= 0.3 is 0 Å². The molecule has 27 heavy (non-hydrogen) atoms. The summed E-state index contributed by atoms with van der Waals surface area (Å²) >= 11 is 0. The van der Waals surface area contributed by atoms with E-state index >= 15 is 0 Å². The van der Waals surface area contributed by atoms with E-state index in [2.05, 4.69) is 10.9 Å². The second kappa shape index (κ2) is 9.42. The molecule has 2 amide bonds. The van der Waals surface area contributed by atoms with Crippen molar-refractivity contribution in [2.75, 3.05) is 13.7 Å². The minimum atomic E-state index is -1.02. The Morgan fingerprint density at radius 2 is 1.81 bits per heavy atom. The monoisotopic (exact) mass is 376 g/mol. The van der Waals surface area contributed by atoms with Crippen molar-refractivity contribution in [3.63, 3.8) is 0 Å². The van der Waals surface area contributed by atoms with Crippen LogP contribution in [0.2, 0.25) is 0 Å². The fourth-order valence-electron chi connectivity index (χ4n) is 2.16. The molecule has 1 atom stereocenters. The summed E-state index contributed by atoms with van der Waals surface area (Å²) < 4.78 is 29.4. The first-order chi connectivity index (χ1) is 13.0. The first-order valence-electron chi connectivity index (χ1n) is 8.28. The maximum atomic E-state index is 13.6. The largest absolute Gasteiger partial charge is 0.493 e. The predicted molar refractivity (Wildman–Crippen MR) is 96.3 cm³/mol. The lowest BCUT2D eigenvalue weighted by atomic mass is 10.2. The molecule has 0 spiro atoms. The van der Waals surface area contributed by atoms with E-state index in [0.29, 0.717) is 18.1 Å². The molecule has 0 unspecified atom stereocenters. The van der Waals surface area contributed by atoms with Gasteiger partial charge in [0.2, 0.25) is 0 Å². The minimum Gasteiger partial charge on any atom is -0.493 e. The summed E-state index contributed by atoms with van der Waals surface area (Å²) in [6.07, 6.45) is -1.02. The van der Waals surface area contributed by atoms with E-state index in [1.807, 2.05) is 6.92 Å². The summed E-state index contributed by atoms with van der Waals surface area (Å²) in [7, 11) is 1.46. The highest BCUT2D eigenvalue weighted by molar-refractivity contribution is 5.96. The summed E-state index contributed by atoms with van der Waals surface area (Å²) in [4.78, 5) is 24.2. The SMILES string of the molecule is CCOc1ccc(C(=O)NNC(=O)[C@@H](C)Oc2ccccc2F)cc1OC. The van der Waals surface area contributed by atoms with Gasteiger partial charge in [0.1, 0.15) is 0 Å². The first kappa shape index (κ1) is 20.0. The fraction of sp³-hybridized carbons (Fsp3) is 0.263. The van der Waals surface area contributed by atoms with Crippen LogP contribution in [-0.2, 0) is 4.79 Å². The van der Waals surface area contributed by atoms with Gasteiger partial charge in [-0.15, -0.1) is 0 Å². The number of hydrazine groups is 1. The van der Waals surface area contributed by atoms with E-state index in [0.717, 1.165) is 0 Å². The Labute approximate surface area is 156 Å². The van der Waals surface area contributed by atoms with Crippen molar-refractivity contribution in [3.05, 3.63) is 53.8 Å². The highest BCUT2D eigenvalue weighted by atomic mass is 19.1. The zero-order valence-corrected chi connectivity index (χ0v) is 15.2. The van der Waals surface area contributed by atoms with Crippen molar-refractivity contribution < 1.29 is 28.2 Å². The van der Waals surface area contributed by atoms with Gasteiger partial charge in [-0.05, 0) is 44.2 Å². The van der Waals surface area contributed by atoms with E-state index < -0.39 is 23.7 Å². The van der Waals surface area contributed by atoms with Gasteiger partial charge in [0.15, 0.2) is 29.2 Å². The molecule has 2 rings (SSSR count). The molecule has 0 aliphatic carbocycles. The molecular formula is C19H21FN2O5. The molecule has 2 aromatic carbocycles. The van der Waals surface area contributed by atoms with Gasteiger partial charge in [-0.1, -0.05) is 12.1 Å². The third kappa shape index (κ3) is 5.34. The van der Waals surface area contributed by atoms with Crippen LogP contribution in [0.25, 0.3) is 0 Å². The van der Waals surface area contributed by atoms with Crippen LogP contribution < -0.4 is 25.1 Å². The predicted octanol–water partition coefficient (Wildman–Crippen LogP) is 2.46. The van der Waals surface area contributed by atoms with Gasteiger partial charge in [-0.2, -0.15) is 0 Å². The zero-order valence-electron chi connectivity index (χ0n) is 15.2. The minimum absolute atomic E-state index is 0.0530. The van der Waals surface area contributed by atoms with Gasteiger partial charge in [0.25, 0.3) is 11.8 Å². The second-order valence-electron chi connectivity index (χ2n) is 5.43. The van der Waals surface area contributed by atoms with Crippen molar-refractivity contribution in [1.82, 2.24) is 10.9 Å². The zero-order chi connectivity index (χ0) is 19.8. The van der Waals surface area contributed by atoms with Gasteiger partial charge in [-0.3, -0.25) is 20.4 Å². The fourth-order valence-corrected chi connectivity index (χ4v) is 2.16. The Bertz CT molecular complexity index is 812. The van der Waals surface area contributed by atoms with E-state index in [9.17, 15) is 14.0 Å². The van der Waals surface area contributed by atoms with Crippen LogP contribution in [0.1, 0.15) is 24.2 Å². The maximum absolute atomic E-state index is 13.6. The van der Waals surface area contributed by atoms with Crippen LogP contribution in [0.4, 0.5) is 4.39 Å². The number of rotatable bonds is 7. The smallest absolute Gasteiger partial charge is 0.279 e. The molecule has 2 aromatic rings. The molecule has 0 radical (unpaired) electrons. The molecule has 0 bridgehead atoms. The average molecular weight is 376 g/mol. The number of hydrogen-bond donors (Lipinski definition) is 2. The van der Waals surface area contributed by atoms with Gasteiger partial charge < -0.3 is 14.2 Å². The number of amides is 2. The van der Waals surface area contributed by atoms with Crippen molar-refractivity contribution in [2.24, 2.45) is 0 Å². The van der Waals surface area contributed by atoms with Crippen LogP contribution in [-0.4, -0.2) is 31.6 Å². The number of para-hydroxylation sites is 1. The van der Waals surface area contributed by atoms with Crippen molar-refractivity contribution in [1.29, 1.82) is 0 Å². The van der Waals surface area contributed by atoms with Crippen LogP contribution in [0, 0.1) is 5.82 Å². The third-order valence-electron chi connectivity index (χ3n) is 3.53. The lowest BCUT2D eigenvalue weighted by Crippen LogP contribution is -2.47. The molecule has 0 saturated heterocycles. The first-order valence-corrected chi connectivity index (χ1v) is 8.28. The number of carbonyl (C=O) groups excluding carboxylic acids is 2. The molecule has 2 N–H and O–H groups in total. The number of halogens is 1. The van der Waals surface area contributed by atoms with Crippen molar-refractivity contribution in [3.8, 4) is 17.2 Å². The number of carbonyl (C=O) groups is 2. The summed E-state index contributed by atoms with van der Waals surface area (Å²) in [6, 6.07) is 10.4. The number of nitrogens with one attached hydrogen (secondary N) is 2. The molecule has 0 heterocycles. The molecule has 0 aliphatic rings. The van der Waals surface area contributed by atoms with Crippen LogP contribution in [0.3, 0.4) is 0 Å². The van der Waals surface area contributed by atoms with Crippen LogP contribution in [0.15, 0.2) is 42.5 Å². The molecule has 7 nitrogen and oxygen atoms in total. The van der Waals surface area contributed by atoms with E-state index in [4.69, 9.17) is 14.2 Å². The Balaban J connectivity index is 1.94. The standard InChI is InChI=1S/C19H21FN2O5/c1-4-26-16-10-9-13(11-17(16)25-3)19(24)22-21-18(23)12(2)27-15-8-6-5-7-14(15)20/h5-12H,4H2,1-3H3,(H,21,23)(H,22,24)/t12-/m1/s1. The molecule has 0 fully saturated rings. The summed E-state index contributed by atoms with van der Waals surface area (Å²) in [5, 5.41) is 0. The number of methoxy groups -OCH3 is 1. The summed E-state index contributed by atoms with van der Waals surface area (Å²) in [5.74, 6) is -0.919. The highest BCUT2D eigenvalue weighted by Gasteiger charge is 2.18. The number of ether oxygens (including phenoxy) is 3. The Kier molecular flexibility index (Phi) is 6.99. The maximum Gasteiger partial charge on any atom is 0.279 e. The third-order valence-corrected chi connectivity index (χ3v) is 3.53. The Morgan fingerprint density at radius 1 is 1.07 bits per heavy atom. The van der Waals surface area contributed by atoms with E-state index in [-0.39, 0.29) is 11.3 Å². The number of benzene rings is 2.